The highest BCUT2D eigenvalue weighted by molar-refractivity contribution is 7.80. The maximum atomic E-state index is 5.35. The van der Waals surface area contributed by atoms with E-state index in [9.17, 15) is 0 Å². The molecule has 1 fully saturated rings. The fourth-order valence-electron chi connectivity index (χ4n) is 1.88. The normalized spacial score (nSPS) is 28.2. The van der Waals surface area contributed by atoms with Gasteiger partial charge in [0.05, 0.1) is 4.99 Å². The molecule has 1 N–H and O–H groups in total. The molecule has 0 aromatic rings. The predicted octanol–water partition coefficient (Wildman–Crippen LogP) is 3.06. The van der Waals surface area contributed by atoms with Crippen LogP contribution in [0.4, 0.5) is 0 Å². The van der Waals surface area contributed by atoms with Crippen molar-refractivity contribution in [2.75, 3.05) is 6.54 Å². The Balaban J connectivity index is 2.42. The fourth-order valence-corrected chi connectivity index (χ4v) is 2.19. The molecule has 1 atom stereocenters. The Kier molecular flexibility index (Phi) is 3.91. The van der Waals surface area contributed by atoms with E-state index in [4.69, 9.17) is 12.2 Å². The lowest BCUT2D eigenvalue weighted by atomic mass is 9.78. The third-order valence-electron chi connectivity index (χ3n) is 2.88. The van der Waals surface area contributed by atoms with Gasteiger partial charge in [-0.15, -0.1) is 6.58 Å². The molecule has 13 heavy (non-hydrogen) atoms. The zero-order valence-electron chi connectivity index (χ0n) is 8.44. The molecule has 0 spiro atoms. The summed E-state index contributed by atoms with van der Waals surface area (Å²) in [7, 11) is 0. The van der Waals surface area contributed by atoms with Gasteiger partial charge in [0.15, 0.2) is 0 Å². The first-order valence-electron chi connectivity index (χ1n) is 5.08. The van der Waals surface area contributed by atoms with Crippen LogP contribution < -0.4 is 5.32 Å². The largest absolute Gasteiger partial charge is 0.379 e. The molecule has 0 aromatic heterocycles. The molecule has 0 saturated carbocycles. The zero-order chi connectivity index (χ0) is 9.73. The number of unbranched alkanes of at least 4 members (excludes halogenated alkanes) is 1. The van der Waals surface area contributed by atoms with Crippen LogP contribution in [-0.2, 0) is 0 Å². The predicted molar refractivity (Wildman–Crippen MR) is 62.0 cm³/mol. The average Bonchev–Trinajstić information content (AvgIpc) is 2.11. The number of hydrogen-bond acceptors (Lipinski definition) is 1. The fraction of sp³-hybridized carbons (Fsp3) is 0.727. The Morgan fingerprint density at radius 2 is 2.46 bits per heavy atom. The van der Waals surface area contributed by atoms with Crippen molar-refractivity contribution in [1.82, 2.24) is 5.32 Å². The van der Waals surface area contributed by atoms with Crippen molar-refractivity contribution in [1.29, 1.82) is 0 Å². The highest BCUT2D eigenvalue weighted by Gasteiger charge is 2.30. The Labute approximate surface area is 86.6 Å². The highest BCUT2D eigenvalue weighted by Crippen LogP contribution is 2.33. The molecule has 1 heterocycles. The lowest BCUT2D eigenvalue weighted by molar-refractivity contribution is 0.345. The summed E-state index contributed by atoms with van der Waals surface area (Å²) >= 11 is 5.35. The first-order valence-corrected chi connectivity index (χ1v) is 5.49. The summed E-state index contributed by atoms with van der Waals surface area (Å²) in [6.45, 7) is 7.08. The first kappa shape index (κ1) is 10.7. The number of nitrogens with one attached hydrogen (secondary N) is 1. The lowest BCUT2D eigenvalue weighted by Gasteiger charge is -2.35. The molecule has 1 aliphatic heterocycles. The molecule has 0 bridgehead atoms. The Hall–Kier alpha value is -0.370. The maximum absolute atomic E-state index is 5.35. The van der Waals surface area contributed by atoms with E-state index in [0.717, 1.165) is 18.0 Å². The van der Waals surface area contributed by atoms with Crippen molar-refractivity contribution in [2.45, 2.75) is 39.0 Å². The molecule has 1 nitrogen and oxygen atoms in total. The van der Waals surface area contributed by atoms with Crippen LogP contribution in [0.1, 0.15) is 39.0 Å². The standard InChI is InChI=1S/C11H19NS/c1-3-4-5-7-11(2)8-6-9-12-10(11)13/h3H,1,4-9H2,2H3,(H,12,13). The van der Waals surface area contributed by atoms with Crippen LogP contribution in [0.3, 0.4) is 0 Å². The second kappa shape index (κ2) is 4.75. The molecular formula is C11H19NS. The van der Waals surface area contributed by atoms with E-state index in [-0.39, 0.29) is 5.41 Å². The van der Waals surface area contributed by atoms with Gasteiger partial charge < -0.3 is 5.32 Å². The van der Waals surface area contributed by atoms with Crippen LogP contribution in [0.2, 0.25) is 0 Å². The molecule has 1 aliphatic rings. The SMILES string of the molecule is C=CCCCC1(C)CCCNC1=S. The van der Waals surface area contributed by atoms with Crippen molar-refractivity contribution < 1.29 is 0 Å². The number of rotatable bonds is 4. The number of piperidine rings is 1. The van der Waals surface area contributed by atoms with Crippen LogP contribution in [0.25, 0.3) is 0 Å². The van der Waals surface area contributed by atoms with Crippen molar-refractivity contribution in [3.05, 3.63) is 12.7 Å². The Bertz CT molecular complexity index is 200. The summed E-state index contributed by atoms with van der Waals surface area (Å²) in [4.78, 5) is 1.07. The second-order valence-corrected chi connectivity index (χ2v) is 4.51. The van der Waals surface area contributed by atoms with Crippen LogP contribution in [-0.4, -0.2) is 11.5 Å². The third kappa shape index (κ3) is 2.80. The second-order valence-electron chi connectivity index (χ2n) is 4.10. The minimum Gasteiger partial charge on any atom is -0.379 e. The van der Waals surface area contributed by atoms with Crippen molar-refractivity contribution in [2.24, 2.45) is 5.41 Å². The average molecular weight is 197 g/mol. The molecule has 0 radical (unpaired) electrons. The first-order chi connectivity index (χ1) is 6.19. The van der Waals surface area contributed by atoms with Gasteiger partial charge in [-0.05, 0) is 32.1 Å². The molecular weight excluding hydrogens is 178 g/mol. The van der Waals surface area contributed by atoms with Gasteiger partial charge in [0.1, 0.15) is 0 Å². The van der Waals surface area contributed by atoms with Crippen LogP contribution in [0.5, 0.6) is 0 Å². The monoisotopic (exact) mass is 197 g/mol. The topological polar surface area (TPSA) is 12.0 Å². The molecule has 74 valence electrons. The van der Waals surface area contributed by atoms with Gasteiger partial charge in [-0.2, -0.15) is 0 Å². The number of hydrogen-bond donors (Lipinski definition) is 1. The van der Waals surface area contributed by atoms with Gasteiger partial charge in [0, 0.05) is 12.0 Å². The van der Waals surface area contributed by atoms with E-state index in [1.807, 2.05) is 6.08 Å². The summed E-state index contributed by atoms with van der Waals surface area (Å²) in [5, 5.41) is 3.31. The lowest BCUT2D eigenvalue weighted by Crippen LogP contribution is -2.42. The van der Waals surface area contributed by atoms with Crippen molar-refractivity contribution in [3.8, 4) is 0 Å². The van der Waals surface area contributed by atoms with Gasteiger partial charge in [-0.3, -0.25) is 0 Å². The molecule has 0 aliphatic carbocycles. The van der Waals surface area contributed by atoms with Crippen LogP contribution in [0, 0.1) is 5.41 Å². The summed E-state index contributed by atoms with van der Waals surface area (Å²) in [5.74, 6) is 0. The third-order valence-corrected chi connectivity index (χ3v) is 3.51. The molecule has 2 heteroatoms. The highest BCUT2D eigenvalue weighted by atomic mass is 32.1. The number of allylic oxidation sites excluding steroid dienone is 1. The summed E-state index contributed by atoms with van der Waals surface area (Å²) in [6.07, 6.45) is 8.01. The molecule has 0 amide bonds. The van der Waals surface area contributed by atoms with Gasteiger partial charge in [-0.25, -0.2) is 0 Å². The molecule has 1 unspecified atom stereocenters. The van der Waals surface area contributed by atoms with E-state index in [2.05, 4.69) is 18.8 Å². The van der Waals surface area contributed by atoms with E-state index < -0.39 is 0 Å². The van der Waals surface area contributed by atoms with Crippen LogP contribution >= 0.6 is 12.2 Å². The molecule has 0 aromatic carbocycles. The van der Waals surface area contributed by atoms with E-state index in [1.54, 1.807) is 0 Å². The summed E-state index contributed by atoms with van der Waals surface area (Å²) in [5.41, 5.74) is 0.261. The van der Waals surface area contributed by atoms with Crippen molar-refractivity contribution in [3.63, 3.8) is 0 Å². The maximum Gasteiger partial charge on any atom is 0.0813 e. The van der Waals surface area contributed by atoms with Crippen molar-refractivity contribution >= 4 is 17.2 Å². The van der Waals surface area contributed by atoms with Gasteiger partial charge in [0.2, 0.25) is 0 Å². The van der Waals surface area contributed by atoms with Gasteiger partial charge in [0.25, 0.3) is 0 Å². The summed E-state index contributed by atoms with van der Waals surface area (Å²) < 4.78 is 0. The molecule has 1 rings (SSSR count). The summed E-state index contributed by atoms with van der Waals surface area (Å²) in [6, 6.07) is 0. The Morgan fingerprint density at radius 1 is 1.69 bits per heavy atom. The van der Waals surface area contributed by atoms with E-state index in [1.165, 1.54) is 25.7 Å². The zero-order valence-corrected chi connectivity index (χ0v) is 9.25. The Morgan fingerprint density at radius 3 is 3.08 bits per heavy atom. The molecule has 1 saturated heterocycles. The van der Waals surface area contributed by atoms with E-state index >= 15 is 0 Å². The smallest absolute Gasteiger partial charge is 0.0813 e. The van der Waals surface area contributed by atoms with Gasteiger partial charge in [-0.1, -0.05) is 25.2 Å². The quantitative estimate of drug-likeness (QED) is 0.422. The minimum atomic E-state index is 0.261. The minimum absolute atomic E-state index is 0.261. The van der Waals surface area contributed by atoms with E-state index in [0.29, 0.717) is 0 Å². The van der Waals surface area contributed by atoms with Crippen LogP contribution in [0.15, 0.2) is 12.7 Å². The number of thiocarbonyl (C=S) groups is 1. The van der Waals surface area contributed by atoms with Gasteiger partial charge >= 0.3 is 0 Å².